The van der Waals surface area contributed by atoms with Gasteiger partial charge >= 0.3 is 0 Å². The number of nitrogens with zero attached hydrogens (tertiary/aromatic N) is 1. The van der Waals surface area contributed by atoms with Gasteiger partial charge in [-0.3, -0.25) is 0 Å². The molecule has 96 valence electrons. The maximum Gasteiger partial charge on any atom is 0.0450 e. The number of anilines is 2. The number of nitrogens with one attached hydrogen (secondary N) is 1. The smallest absolute Gasteiger partial charge is 0.0450 e. The van der Waals surface area contributed by atoms with Crippen LogP contribution in [-0.2, 0) is 0 Å². The van der Waals surface area contributed by atoms with Crippen LogP contribution in [0.5, 0.6) is 0 Å². The largest absolute Gasteiger partial charge is 0.337 e. The van der Waals surface area contributed by atoms with E-state index in [0.717, 1.165) is 13.1 Å². The van der Waals surface area contributed by atoms with E-state index in [-0.39, 0.29) is 0 Å². The number of benzene rings is 2. The lowest BCUT2D eigenvalue weighted by Gasteiger charge is -2.34. The van der Waals surface area contributed by atoms with Gasteiger partial charge in [-0.25, -0.2) is 0 Å². The second-order valence-electron chi connectivity index (χ2n) is 5.43. The first-order chi connectivity index (χ1) is 9.45. The summed E-state index contributed by atoms with van der Waals surface area (Å²) in [5.41, 5.74) is 4.22. The van der Waals surface area contributed by atoms with Crippen LogP contribution in [0.25, 0.3) is 0 Å². The Kier molecular flexibility index (Phi) is 2.56. The maximum absolute atomic E-state index is 3.54. The Balaban J connectivity index is 1.85. The molecule has 1 fully saturated rings. The van der Waals surface area contributed by atoms with Crippen molar-refractivity contribution in [2.45, 2.75) is 18.4 Å². The second kappa shape index (κ2) is 4.39. The molecule has 0 unspecified atom stereocenters. The summed E-state index contributed by atoms with van der Waals surface area (Å²) in [6.07, 6.45) is 1.22. The van der Waals surface area contributed by atoms with Crippen LogP contribution in [0.2, 0.25) is 0 Å². The van der Waals surface area contributed by atoms with Crippen molar-refractivity contribution in [1.82, 2.24) is 5.32 Å². The average molecular weight is 250 g/mol. The van der Waals surface area contributed by atoms with Crippen molar-refractivity contribution in [3.63, 3.8) is 0 Å². The summed E-state index contributed by atoms with van der Waals surface area (Å²) in [6, 6.07) is 20.3. The van der Waals surface area contributed by atoms with Gasteiger partial charge in [-0.1, -0.05) is 36.4 Å². The van der Waals surface area contributed by atoms with E-state index in [1.807, 2.05) is 0 Å². The minimum absolute atomic E-state index is 0.612. The van der Waals surface area contributed by atoms with Crippen LogP contribution in [0.1, 0.15) is 17.9 Å². The molecule has 0 bridgehead atoms. The van der Waals surface area contributed by atoms with Crippen LogP contribution >= 0.6 is 0 Å². The van der Waals surface area contributed by atoms with Crippen LogP contribution in [0.15, 0.2) is 54.6 Å². The summed E-state index contributed by atoms with van der Waals surface area (Å²) in [5.74, 6) is 0.630. The Labute approximate surface area is 114 Å². The fourth-order valence-electron chi connectivity index (χ4n) is 3.59. The third-order valence-corrected chi connectivity index (χ3v) is 4.41. The Hall–Kier alpha value is -1.80. The fourth-order valence-corrected chi connectivity index (χ4v) is 3.59. The number of para-hydroxylation sites is 2. The second-order valence-corrected chi connectivity index (χ2v) is 5.43. The minimum Gasteiger partial charge on any atom is -0.337 e. The van der Waals surface area contributed by atoms with Gasteiger partial charge in [0.2, 0.25) is 0 Å². The molecule has 19 heavy (non-hydrogen) atoms. The summed E-state index contributed by atoms with van der Waals surface area (Å²) in [4.78, 5) is 2.54. The number of fused-ring (bicyclic) bond motifs is 3. The first-order valence-electron chi connectivity index (χ1n) is 7.09. The number of rotatable bonds is 1. The Morgan fingerprint density at radius 2 is 1.74 bits per heavy atom. The van der Waals surface area contributed by atoms with Gasteiger partial charge in [0.15, 0.2) is 0 Å². The van der Waals surface area contributed by atoms with E-state index in [0.29, 0.717) is 12.0 Å². The highest BCUT2D eigenvalue weighted by atomic mass is 15.2. The highest BCUT2D eigenvalue weighted by Crippen LogP contribution is 2.46. The Morgan fingerprint density at radius 3 is 2.63 bits per heavy atom. The van der Waals surface area contributed by atoms with Gasteiger partial charge in [0.1, 0.15) is 0 Å². The highest BCUT2D eigenvalue weighted by Gasteiger charge is 2.39. The van der Waals surface area contributed by atoms with Crippen LogP contribution in [-0.4, -0.2) is 19.1 Å². The van der Waals surface area contributed by atoms with Gasteiger partial charge in [-0.15, -0.1) is 0 Å². The van der Waals surface area contributed by atoms with Gasteiger partial charge in [0, 0.05) is 29.9 Å². The van der Waals surface area contributed by atoms with Crippen molar-refractivity contribution in [2.75, 3.05) is 18.0 Å². The summed E-state index contributed by atoms with van der Waals surface area (Å²) in [7, 11) is 0. The minimum atomic E-state index is 0.612. The van der Waals surface area contributed by atoms with Gasteiger partial charge in [0.25, 0.3) is 0 Å². The van der Waals surface area contributed by atoms with E-state index in [4.69, 9.17) is 0 Å². The van der Waals surface area contributed by atoms with Crippen LogP contribution in [0.4, 0.5) is 11.4 Å². The van der Waals surface area contributed by atoms with Gasteiger partial charge in [-0.05, 0) is 36.7 Å². The Morgan fingerprint density at radius 1 is 0.947 bits per heavy atom. The molecule has 1 saturated heterocycles. The summed E-state index contributed by atoms with van der Waals surface area (Å²) in [5, 5.41) is 3.54. The molecule has 1 N–H and O–H groups in total. The molecule has 0 saturated carbocycles. The van der Waals surface area contributed by atoms with Crippen LogP contribution < -0.4 is 10.2 Å². The molecular weight excluding hydrogens is 232 g/mol. The number of hydrogen-bond donors (Lipinski definition) is 1. The Bertz CT molecular complexity index is 579. The molecule has 2 heteroatoms. The van der Waals surface area contributed by atoms with Crippen molar-refractivity contribution in [3.05, 3.63) is 60.2 Å². The number of hydrogen-bond acceptors (Lipinski definition) is 2. The summed E-state index contributed by atoms with van der Waals surface area (Å²) < 4.78 is 0. The lowest BCUT2D eigenvalue weighted by molar-refractivity contribution is 0.419. The van der Waals surface area contributed by atoms with E-state index in [1.54, 1.807) is 0 Å². The topological polar surface area (TPSA) is 15.3 Å². The lowest BCUT2D eigenvalue weighted by Crippen LogP contribution is -2.42. The molecule has 2 aliphatic heterocycles. The molecule has 0 aromatic heterocycles. The van der Waals surface area contributed by atoms with E-state index < -0.39 is 0 Å². The molecular formula is C17H18N2. The molecule has 4 rings (SSSR count). The van der Waals surface area contributed by atoms with Crippen molar-refractivity contribution in [2.24, 2.45) is 0 Å². The number of piperidine rings is 1. The zero-order valence-electron chi connectivity index (χ0n) is 10.9. The molecule has 0 spiro atoms. The monoisotopic (exact) mass is 250 g/mol. The normalized spacial score (nSPS) is 24.9. The molecule has 2 heterocycles. The zero-order chi connectivity index (χ0) is 12.7. The van der Waals surface area contributed by atoms with Crippen LogP contribution in [0, 0.1) is 0 Å². The van der Waals surface area contributed by atoms with E-state index in [9.17, 15) is 0 Å². The lowest BCUT2D eigenvalue weighted by atomic mass is 9.90. The quantitative estimate of drug-likeness (QED) is 0.835. The van der Waals surface area contributed by atoms with Crippen molar-refractivity contribution in [3.8, 4) is 0 Å². The summed E-state index contributed by atoms with van der Waals surface area (Å²) in [6.45, 7) is 2.23. The molecule has 0 radical (unpaired) electrons. The zero-order valence-corrected chi connectivity index (χ0v) is 10.9. The summed E-state index contributed by atoms with van der Waals surface area (Å²) >= 11 is 0. The third-order valence-electron chi connectivity index (χ3n) is 4.41. The molecule has 2 aromatic carbocycles. The van der Waals surface area contributed by atoms with Crippen LogP contribution in [0.3, 0.4) is 0 Å². The van der Waals surface area contributed by atoms with Gasteiger partial charge < -0.3 is 10.2 Å². The van der Waals surface area contributed by atoms with Crippen molar-refractivity contribution >= 4 is 11.4 Å². The molecule has 2 atom stereocenters. The first-order valence-corrected chi connectivity index (χ1v) is 7.09. The first kappa shape index (κ1) is 11.1. The van der Waals surface area contributed by atoms with Gasteiger partial charge in [0.05, 0.1) is 0 Å². The SMILES string of the molecule is c1ccc(N2c3ccccc3[C@@H]3CNCC[C@@H]32)cc1. The van der Waals surface area contributed by atoms with E-state index >= 15 is 0 Å². The molecule has 0 aliphatic carbocycles. The highest BCUT2D eigenvalue weighted by molar-refractivity contribution is 5.72. The third kappa shape index (κ3) is 1.67. The van der Waals surface area contributed by atoms with Crippen molar-refractivity contribution in [1.29, 1.82) is 0 Å². The molecule has 2 aliphatic rings. The molecule has 0 amide bonds. The average Bonchev–Trinajstić information content (AvgIpc) is 2.83. The maximum atomic E-state index is 3.54. The predicted molar refractivity (Wildman–Crippen MR) is 79.0 cm³/mol. The molecule has 2 nitrogen and oxygen atoms in total. The van der Waals surface area contributed by atoms with Gasteiger partial charge in [-0.2, -0.15) is 0 Å². The fraction of sp³-hybridized carbons (Fsp3) is 0.294. The standard InChI is InChI=1S/C17H18N2/c1-2-6-13(7-3-1)19-16-9-5-4-8-14(16)15-12-18-11-10-17(15)19/h1-9,15,17-18H,10-12H2/t15-,17-/m0/s1. The predicted octanol–water partition coefficient (Wildman–Crippen LogP) is 3.28. The van der Waals surface area contributed by atoms with E-state index in [2.05, 4.69) is 64.8 Å². The van der Waals surface area contributed by atoms with E-state index in [1.165, 1.54) is 23.4 Å². The molecule has 2 aromatic rings. The van der Waals surface area contributed by atoms with Crippen molar-refractivity contribution < 1.29 is 0 Å².